The number of carboxylic acid groups (broad SMARTS) is 1. The molecule has 13 N–H and O–H groups in total. The summed E-state index contributed by atoms with van der Waals surface area (Å²) < 4.78 is 0. The number of aliphatic imine (C=N–C) groups is 1. The minimum absolute atomic E-state index is 0.0218. The largest absolute Gasteiger partial charge is 0.480 e. The number of amides is 4. The predicted octanol–water partition coefficient (Wildman–Crippen LogP) is -3.98. The quantitative estimate of drug-likeness (QED) is 0.0576. The van der Waals surface area contributed by atoms with Crippen molar-refractivity contribution in [1.82, 2.24) is 16.0 Å². The number of nitrogens with zero attached hydrogens (tertiary/aromatic N) is 1. The second kappa shape index (κ2) is 15.7. The first-order valence-corrected chi connectivity index (χ1v) is 11.3. The first-order valence-electron chi connectivity index (χ1n) is 11.3. The van der Waals surface area contributed by atoms with Gasteiger partial charge < -0.3 is 49.1 Å². The molecular weight excluding hydrogens is 488 g/mol. The molecule has 0 radical (unpaired) electrons. The number of nitrogens with two attached hydrogens (primary N) is 4. The summed E-state index contributed by atoms with van der Waals surface area (Å²) in [5.41, 5.74) is 22.0. The Labute approximate surface area is 213 Å². The van der Waals surface area contributed by atoms with E-state index in [1.807, 2.05) is 0 Å². The van der Waals surface area contributed by atoms with Gasteiger partial charge in [-0.1, -0.05) is 30.3 Å². The van der Waals surface area contributed by atoms with E-state index in [9.17, 15) is 29.1 Å². The topological polar surface area (TPSA) is 278 Å². The lowest BCUT2D eigenvalue weighted by Crippen LogP contribution is -2.58. The maximum Gasteiger partial charge on any atom is 0.328 e. The number of hydrogen-bond donors (Lipinski definition) is 9. The fourth-order valence-corrected chi connectivity index (χ4v) is 3.15. The first kappa shape index (κ1) is 30.8. The van der Waals surface area contributed by atoms with E-state index in [1.54, 1.807) is 30.3 Å². The molecule has 0 fully saturated rings. The molecule has 0 saturated carbocycles. The molecule has 0 aromatic heterocycles. The second-order valence-electron chi connectivity index (χ2n) is 8.12. The molecule has 15 heteroatoms. The van der Waals surface area contributed by atoms with E-state index in [0.29, 0.717) is 5.56 Å². The van der Waals surface area contributed by atoms with Crippen molar-refractivity contribution in [1.29, 1.82) is 0 Å². The van der Waals surface area contributed by atoms with Gasteiger partial charge in [0.1, 0.15) is 18.1 Å². The van der Waals surface area contributed by atoms with Gasteiger partial charge in [0.15, 0.2) is 5.96 Å². The zero-order valence-corrected chi connectivity index (χ0v) is 20.1. The van der Waals surface area contributed by atoms with Crippen LogP contribution in [-0.2, 0) is 30.4 Å². The molecule has 0 aliphatic rings. The Morgan fingerprint density at radius 1 is 0.865 bits per heavy atom. The lowest BCUT2D eigenvalue weighted by atomic mass is 10.0. The zero-order valence-electron chi connectivity index (χ0n) is 20.1. The minimum Gasteiger partial charge on any atom is -0.480 e. The number of rotatable bonds is 16. The Hall–Kier alpha value is -4.24. The molecule has 15 nitrogen and oxygen atoms in total. The van der Waals surface area contributed by atoms with Crippen LogP contribution in [-0.4, -0.2) is 83.1 Å². The zero-order chi connectivity index (χ0) is 28.0. The van der Waals surface area contributed by atoms with Gasteiger partial charge in [0, 0.05) is 13.0 Å². The Morgan fingerprint density at radius 3 is 1.97 bits per heavy atom. The number of hydrogen-bond acceptors (Lipinski definition) is 8. The standard InChI is InChI=1S/C22H34N8O7/c23-13(10-17(24)32)18(33)28-14(7-4-8-27-22(25)26)19(34)29-15(9-12-5-2-1-3-6-12)20(35)30-16(11-31)21(36)37/h1-3,5-6,13-16,31H,4,7-11,23H2,(H2,24,32)(H,28,33)(H,29,34)(H,30,35)(H,36,37)(H4,25,26,27). The third-order valence-electron chi connectivity index (χ3n) is 5.05. The van der Waals surface area contributed by atoms with Gasteiger partial charge in [-0.15, -0.1) is 0 Å². The van der Waals surface area contributed by atoms with Gasteiger partial charge in [-0.25, -0.2) is 4.79 Å². The number of nitrogens with one attached hydrogen (secondary N) is 3. The fourth-order valence-electron chi connectivity index (χ4n) is 3.15. The van der Waals surface area contributed by atoms with E-state index in [4.69, 9.17) is 28.0 Å². The normalized spacial score (nSPS) is 13.8. The third-order valence-corrected chi connectivity index (χ3v) is 5.05. The lowest BCUT2D eigenvalue weighted by Gasteiger charge is -2.25. The Kier molecular flexibility index (Phi) is 13.1. The molecule has 4 amide bonds. The number of benzene rings is 1. The number of guanidine groups is 1. The maximum absolute atomic E-state index is 13.2. The summed E-state index contributed by atoms with van der Waals surface area (Å²) >= 11 is 0. The molecule has 0 spiro atoms. The highest BCUT2D eigenvalue weighted by Gasteiger charge is 2.30. The Balaban J connectivity index is 3.11. The number of primary amides is 1. The monoisotopic (exact) mass is 522 g/mol. The van der Waals surface area contributed by atoms with Gasteiger partial charge in [0.05, 0.1) is 19.1 Å². The number of carbonyl (C=O) groups is 5. The molecule has 0 aliphatic heterocycles. The van der Waals surface area contributed by atoms with Crippen molar-refractivity contribution in [2.24, 2.45) is 27.9 Å². The van der Waals surface area contributed by atoms with Gasteiger partial charge in [0.2, 0.25) is 23.6 Å². The highest BCUT2D eigenvalue weighted by Crippen LogP contribution is 2.07. The molecule has 1 rings (SSSR count). The SMILES string of the molecule is NC(=O)CC(N)C(=O)NC(CCCN=C(N)N)C(=O)NC(Cc1ccccc1)C(=O)NC(CO)C(=O)O. The summed E-state index contributed by atoms with van der Waals surface area (Å²) in [6.07, 6.45) is -0.189. The average molecular weight is 523 g/mol. The van der Waals surface area contributed by atoms with Crippen LogP contribution >= 0.6 is 0 Å². The average Bonchev–Trinajstić information content (AvgIpc) is 2.83. The smallest absolute Gasteiger partial charge is 0.328 e. The van der Waals surface area contributed by atoms with E-state index in [1.165, 1.54) is 0 Å². The molecule has 0 aliphatic carbocycles. The number of carboxylic acids is 1. The third kappa shape index (κ3) is 11.8. The summed E-state index contributed by atoms with van der Waals surface area (Å²) in [5, 5.41) is 25.5. The van der Waals surface area contributed by atoms with E-state index < -0.39 is 66.8 Å². The first-order chi connectivity index (χ1) is 17.4. The van der Waals surface area contributed by atoms with Gasteiger partial charge in [-0.2, -0.15) is 0 Å². The minimum atomic E-state index is -1.59. The molecular formula is C22H34N8O7. The highest BCUT2D eigenvalue weighted by molar-refractivity contribution is 5.95. The molecule has 0 heterocycles. The van der Waals surface area contributed by atoms with Crippen LogP contribution in [0.15, 0.2) is 35.3 Å². The van der Waals surface area contributed by atoms with Gasteiger partial charge in [-0.05, 0) is 18.4 Å². The van der Waals surface area contributed by atoms with E-state index in [0.717, 1.165) is 0 Å². The molecule has 204 valence electrons. The predicted molar refractivity (Wildman–Crippen MR) is 132 cm³/mol. The molecule has 0 saturated heterocycles. The maximum atomic E-state index is 13.2. The van der Waals surface area contributed by atoms with Crippen LogP contribution in [0, 0.1) is 0 Å². The summed E-state index contributed by atoms with van der Waals surface area (Å²) in [7, 11) is 0. The highest BCUT2D eigenvalue weighted by atomic mass is 16.4. The van der Waals surface area contributed by atoms with Gasteiger partial charge in [0.25, 0.3) is 0 Å². The van der Waals surface area contributed by atoms with Crippen LogP contribution in [0.3, 0.4) is 0 Å². The number of carbonyl (C=O) groups excluding carboxylic acids is 4. The molecule has 1 aromatic carbocycles. The van der Waals surface area contributed by atoms with Crippen molar-refractivity contribution in [2.45, 2.75) is 49.9 Å². The van der Waals surface area contributed by atoms with E-state index in [2.05, 4.69) is 20.9 Å². The van der Waals surface area contributed by atoms with Crippen LogP contribution < -0.4 is 38.9 Å². The van der Waals surface area contributed by atoms with Crippen LogP contribution in [0.4, 0.5) is 0 Å². The Morgan fingerprint density at radius 2 is 1.43 bits per heavy atom. The van der Waals surface area contributed by atoms with E-state index in [-0.39, 0.29) is 31.8 Å². The molecule has 37 heavy (non-hydrogen) atoms. The summed E-state index contributed by atoms with van der Waals surface area (Å²) in [6.45, 7) is -0.728. The number of aliphatic hydroxyl groups excluding tert-OH is 1. The summed E-state index contributed by atoms with van der Waals surface area (Å²) in [5.74, 6) is -4.91. The van der Waals surface area contributed by atoms with Gasteiger partial charge >= 0.3 is 5.97 Å². The molecule has 0 bridgehead atoms. The summed E-state index contributed by atoms with van der Waals surface area (Å²) in [4.78, 5) is 64.6. The van der Waals surface area contributed by atoms with Crippen molar-refractivity contribution in [3.8, 4) is 0 Å². The molecule has 1 aromatic rings. The van der Waals surface area contributed by atoms with Crippen molar-refractivity contribution in [3.05, 3.63) is 35.9 Å². The van der Waals surface area contributed by atoms with Crippen LogP contribution in [0.5, 0.6) is 0 Å². The van der Waals surface area contributed by atoms with Crippen LogP contribution in [0.1, 0.15) is 24.8 Å². The van der Waals surface area contributed by atoms with Crippen molar-refractivity contribution in [3.63, 3.8) is 0 Å². The van der Waals surface area contributed by atoms with Crippen molar-refractivity contribution in [2.75, 3.05) is 13.2 Å². The molecule has 4 atom stereocenters. The van der Waals surface area contributed by atoms with Gasteiger partial charge in [-0.3, -0.25) is 24.2 Å². The number of aliphatic hydroxyl groups is 1. The second-order valence-corrected chi connectivity index (χ2v) is 8.12. The van der Waals surface area contributed by atoms with E-state index >= 15 is 0 Å². The van der Waals surface area contributed by atoms with Crippen LogP contribution in [0.25, 0.3) is 0 Å². The summed E-state index contributed by atoms with van der Waals surface area (Å²) in [6, 6.07) is 3.20. The Bertz CT molecular complexity index is 969. The number of aliphatic carboxylic acids is 1. The fraction of sp³-hybridized carbons (Fsp3) is 0.455. The van der Waals surface area contributed by atoms with Crippen molar-refractivity contribution < 1.29 is 34.2 Å². The van der Waals surface area contributed by atoms with Crippen LogP contribution in [0.2, 0.25) is 0 Å². The lowest BCUT2D eigenvalue weighted by molar-refractivity contribution is -0.143. The van der Waals surface area contributed by atoms with Crippen molar-refractivity contribution >= 4 is 35.6 Å². The molecule has 4 unspecified atom stereocenters.